The molecule has 2 heterocycles. The van der Waals surface area contributed by atoms with Crippen molar-refractivity contribution >= 4 is 34.8 Å². The molecule has 1 fully saturated rings. The number of halogens is 1. The number of nitrogens with zero attached hydrogens (tertiary/aromatic N) is 3. The quantitative estimate of drug-likeness (QED) is 0.732. The molecule has 2 amide bonds. The molecule has 2 aliphatic heterocycles. The molecule has 4 rings (SSSR count). The van der Waals surface area contributed by atoms with Gasteiger partial charge in [0.1, 0.15) is 5.75 Å². The summed E-state index contributed by atoms with van der Waals surface area (Å²) >= 11 is 6.29. The highest BCUT2D eigenvalue weighted by Gasteiger charge is 2.26. The van der Waals surface area contributed by atoms with Crippen molar-refractivity contribution in [3.05, 3.63) is 53.1 Å². The minimum absolute atomic E-state index is 0.0496. The van der Waals surface area contributed by atoms with Crippen LogP contribution in [0.2, 0.25) is 5.02 Å². The van der Waals surface area contributed by atoms with E-state index in [9.17, 15) is 9.59 Å². The van der Waals surface area contributed by atoms with Gasteiger partial charge in [0.05, 0.1) is 16.4 Å². The number of hydrogen-bond acceptors (Lipinski definition) is 4. The summed E-state index contributed by atoms with van der Waals surface area (Å²) < 4.78 is 5.52. The van der Waals surface area contributed by atoms with Gasteiger partial charge in [0.2, 0.25) is 5.91 Å². The number of carbonyl (C=O) groups excluding carboxylic acids is 2. The Kier molecular flexibility index (Phi) is 6.13. The highest BCUT2D eigenvalue weighted by atomic mass is 35.5. The van der Waals surface area contributed by atoms with E-state index in [1.807, 2.05) is 54.3 Å². The lowest BCUT2D eigenvalue weighted by Crippen LogP contribution is -2.49. The minimum atomic E-state index is -0.0612. The standard InChI is InChI=1S/C23H26ClN3O3/c1-17-8-9-21-20(15-17)27(23(29)16-30-21)10-4-7-22(28)26-13-11-25(12-14-26)19-6-3-2-5-18(19)24/h2-3,5-6,8-9,15H,4,7,10-14,16H2,1H3. The molecular weight excluding hydrogens is 402 g/mol. The Balaban J connectivity index is 1.29. The van der Waals surface area contributed by atoms with Gasteiger partial charge in [-0.3, -0.25) is 9.59 Å². The first-order valence-electron chi connectivity index (χ1n) is 10.3. The van der Waals surface area contributed by atoms with Gasteiger partial charge >= 0.3 is 0 Å². The summed E-state index contributed by atoms with van der Waals surface area (Å²) in [7, 11) is 0. The van der Waals surface area contributed by atoms with Crippen molar-refractivity contribution < 1.29 is 14.3 Å². The van der Waals surface area contributed by atoms with Gasteiger partial charge in [0.15, 0.2) is 6.61 Å². The molecule has 30 heavy (non-hydrogen) atoms. The van der Waals surface area contributed by atoms with Crippen LogP contribution in [0.4, 0.5) is 11.4 Å². The van der Waals surface area contributed by atoms with Crippen LogP contribution in [0.25, 0.3) is 0 Å². The zero-order valence-electron chi connectivity index (χ0n) is 17.1. The van der Waals surface area contributed by atoms with Crippen molar-refractivity contribution in [2.24, 2.45) is 0 Å². The Labute approximate surface area is 182 Å². The zero-order valence-corrected chi connectivity index (χ0v) is 17.9. The Bertz CT molecular complexity index is 941. The summed E-state index contributed by atoms with van der Waals surface area (Å²) in [5, 5.41) is 0.739. The first-order valence-corrected chi connectivity index (χ1v) is 10.7. The Morgan fingerprint density at radius 2 is 1.83 bits per heavy atom. The normalized spacial score (nSPS) is 16.3. The molecule has 7 heteroatoms. The van der Waals surface area contributed by atoms with E-state index in [0.29, 0.717) is 32.5 Å². The van der Waals surface area contributed by atoms with E-state index < -0.39 is 0 Å². The number of aryl methyl sites for hydroxylation is 1. The molecule has 0 N–H and O–H groups in total. The summed E-state index contributed by atoms with van der Waals surface area (Å²) in [4.78, 5) is 30.9. The monoisotopic (exact) mass is 427 g/mol. The molecule has 0 unspecified atom stereocenters. The predicted molar refractivity (Wildman–Crippen MR) is 119 cm³/mol. The Morgan fingerprint density at radius 3 is 2.60 bits per heavy atom. The lowest BCUT2D eigenvalue weighted by atomic mass is 10.1. The summed E-state index contributed by atoms with van der Waals surface area (Å²) in [5.41, 5.74) is 2.89. The van der Waals surface area contributed by atoms with Gasteiger partial charge in [-0.2, -0.15) is 0 Å². The SMILES string of the molecule is Cc1ccc2c(c1)N(CCCC(=O)N1CCN(c3ccccc3Cl)CC1)C(=O)CO2. The Hall–Kier alpha value is -2.73. The van der Waals surface area contributed by atoms with Gasteiger partial charge in [-0.25, -0.2) is 0 Å². The maximum Gasteiger partial charge on any atom is 0.265 e. The van der Waals surface area contributed by atoms with E-state index in [1.165, 1.54) is 0 Å². The number of para-hydroxylation sites is 1. The smallest absolute Gasteiger partial charge is 0.265 e. The van der Waals surface area contributed by atoms with Crippen molar-refractivity contribution in [3.63, 3.8) is 0 Å². The molecule has 0 saturated carbocycles. The summed E-state index contributed by atoms with van der Waals surface area (Å²) in [6.45, 7) is 5.46. The Morgan fingerprint density at radius 1 is 1.07 bits per heavy atom. The molecule has 0 aliphatic carbocycles. The van der Waals surface area contributed by atoms with Gasteiger partial charge < -0.3 is 19.4 Å². The molecule has 1 saturated heterocycles. The number of ether oxygens (including phenoxy) is 1. The van der Waals surface area contributed by atoms with Gasteiger partial charge in [-0.1, -0.05) is 29.8 Å². The predicted octanol–water partition coefficient (Wildman–Crippen LogP) is 3.50. The van der Waals surface area contributed by atoms with E-state index in [0.717, 1.165) is 40.8 Å². The van der Waals surface area contributed by atoms with Crippen LogP contribution >= 0.6 is 11.6 Å². The van der Waals surface area contributed by atoms with Crippen LogP contribution in [0.5, 0.6) is 5.75 Å². The topological polar surface area (TPSA) is 53.1 Å². The lowest BCUT2D eigenvalue weighted by molar-refractivity contribution is -0.131. The second kappa shape index (κ2) is 8.96. The van der Waals surface area contributed by atoms with E-state index >= 15 is 0 Å². The van der Waals surface area contributed by atoms with Crippen molar-refractivity contribution in [1.82, 2.24) is 4.90 Å². The highest BCUT2D eigenvalue weighted by Crippen LogP contribution is 2.33. The van der Waals surface area contributed by atoms with Crippen LogP contribution in [0, 0.1) is 6.92 Å². The molecule has 0 atom stereocenters. The van der Waals surface area contributed by atoms with Crippen molar-refractivity contribution in [2.75, 3.05) is 49.1 Å². The van der Waals surface area contributed by atoms with Crippen LogP contribution in [0.3, 0.4) is 0 Å². The number of anilines is 2. The van der Waals surface area contributed by atoms with E-state index in [2.05, 4.69) is 4.90 Å². The number of amides is 2. The number of rotatable bonds is 5. The summed E-state index contributed by atoms with van der Waals surface area (Å²) in [6, 6.07) is 13.6. The number of hydrogen-bond donors (Lipinski definition) is 0. The molecular formula is C23H26ClN3O3. The third kappa shape index (κ3) is 4.38. The molecule has 0 spiro atoms. The lowest BCUT2D eigenvalue weighted by Gasteiger charge is -2.36. The third-order valence-electron chi connectivity index (χ3n) is 5.66. The maximum absolute atomic E-state index is 12.7. The number of fused-ring (bicyclic) bond motifs is 1. The first-order chi connectivity index (χ1) is 14.5. The fourth-order valence-electron chi connectivity index (χ4n) is 4.01. The summed E-state index contributed by atoms with van der Waals surface area (Å²) in [5.74, 6) is 0.801. The average Bonchev–Trinajstić information content (AvgIpc) is 2.75. The van der Waals surface area contributed by atoms with E-state index in [1.54, 1.807) is 4.90 Å². The largest absolute Gasteiger partial charge is 0.482 e. The van der Waals surface area contributed by atoms with E-state index in [4.69, 9.17) is 16.3 Å². The average molecular weight is 428 g/mol. The summed E-state index contributed by atoms with van der Waals surface area (Å²) in [6.07, 6.45) is 1.06. The van der Waals surface area contributed by atoms with Crippen molar-refractivity contribution in [3.8, 4) is 5.75 Å². The zero-order chi connectivity index (χ0) is 21.1. The van der Waals surface area contributed by atoms with Crippen LogP contribution in [0.15, 0.2) is 42.5 Å². The highest BCUT2D eigenvalue weighted by molar-refractivity contribution is 6.33. The number of piperazine rings is 1. The molecule has 0 aromatic heterocycles. The van der Waals surface area contributed by atoms with E-state index in [-0.39, 0.29) is 18.4 Å². The molecule has 2 aromatic carbocycles. The number of benzene rings is 2. The van der Waals surface area contributed by atoms with Crippen LogP contribution < -0.4 is 14.5 Å². The van der Waals surface area contributed by atoms with Crippen molar-refractivity contribution in [2.45, 2.75) is 19.8 Å². The van der Waals surface area contributed by atoms with Gasteiger partial charge in [-0.15, -0.1) is 0 Å². The van der Waals surface area contributed by atoms with Gasteiger partial charge in [-0.05, 0) is 43.2 Å². The van der Waals surface area contributed by atoms with Crippen LogP contribution in [-0.4, -0.2) is 56.0 Å². The molecule has 0 radical (unpaired) electrons. The molecule has 6 nitrogen and oxygen atoms in total. The second-order valence-corrected chi connectivity index (χ2v) is 8.14. The fourth-order valence-corrected chi connectivity index (χ4v) is 4.26. The van der Waals surface area contributed by atoms with Crippen molar-refractivity contribution in [1.29, 1.82) is 0 Å². The van der Waals surface area contributed by atoms with Gasteiger partial charge in [0.25, 0.3) is 5.91 Å². The van der Waals surface area contributed by atoms with Crippen LogP contribution in [0.1, 0.15) is 18.4 Å². The first kappa shape index (κ1) is 20.5. The molecule has 2 aliphatic rings. The minimum Gasteiger partial charge on any atom is -0.482 e. The molecule has 0 bridgehead atoms. The van der Waals surface area contributed by atoms with Gasteiger partial charge in [0, 0.05) is 39.1 Å². The second-order valence-electron chi connectivity index (χ2n) is 7.73. The number of carbonyl (C=O) groups is 2. The maximum atomic E-state index is 12.7. The molecule has 2 aromatic rings. The fraction of sp³-hybridized carbons (Fsp3) is 0.391. The van der Waals surface area contributed by atoms with Crippen LogP contribution in [-0.2, 0) is 9.59 Å². The molecule has 158 valence electrons. The third-order valence-corrected chi connectivity index (χ3v) is 5.97.